The molecule has 1 atom stereocenters. The molecule has 116 valence electrons. The van der Waals surface area contributed by atoms with Crippen LogP contribution in [-0.2, 0) is 4.79 Å². The molecule has 1 N–H and O–H groups in total. The molecule has 1 aliphatic rings. The third-order valence-corrected chi connectivity index (χ3v) is 4.08. The predicted molar refractivity (Wildman–Crippen MR) is 91.8 cm³/mol. The minimum Gasteiger partial charge on any atom is -0.328 e. The number of benzene rings is 2. The lowest BCUT2D eigenvalue weighted by atomic mass is 10.1. The Hall–Kier alpha value is -2.53. The number of carbonyl (C=O) groups is 1. The van der Waals surface area contributed by atoms with E-state index in [4.69, 9.17) is 12.2 Å². The van der Waals surface area contributed by atoms with Crippen molar-refractivity contribution in [1.29, 1.82) is 0 Å². The second-order valence-electron chi connectivity index (χ2n) is 5.27. The molecule has 1 aliphatic heterocycles. The molecule has 3 nitrogen and oxygen atoms in total. The summed E-state index contributed by atoms with van der Waals surface area (Å²) >= 11 is 5.28. The number of hydrogen-bond acceptors (Lipinski definition) is 2. The number of nitrogens with one attached hydrogen (secondary N) is 1. The van der Waals surface area contributed by atoms with Crippen LogP contribution in [0, 0.1) is 5.82 Å². The van der Waals surface area contributed by atoms with E-state index in [1.54, 1.807) is 18.2 Å². The van der Waals surface area contributed by atoms with E-state index in [-0.39, 0.29) is 23.5 Å². The van der Waals surface area contributed by atoms with Crippen LogP contribution in [0.15, 0.2) is 60.3 Å². The molecular formula is C18H15FN2OS. The number of hydrogen-bond donors (Lipinski definition) is 1. The van der Waals surface area contributed by atoms with Gasteiger partial charge in [-0.15, -0.1) is 0 Å². The fourth-order valence-corrected chi connectivity index (χ4v) is 2.88. The summed E-state index contributed by atoms with van der Waals surface area (Å²) in [6.45, 7) is 1.91. The van der Waals surface area contributed by atoms with Gasteiger partial charge >= 0.3 is 0 Å². The van der Waals surface area contributed by atoms with Crippen LogP contribution in [0.5, 0.6) is 0 Å². The second kappa shape index (κ2) is 6.30. The summed E-state index contributed by atoms with van der Waals surface area (Å²) in [4.78, 5) is 14.1. The Morgan fingerprint density at radius 3 is 2.48 bits per heavy atom. The first kappa shape index (κ1) is 15.4. The average Bonchev–Trinajstić information content (AvgIpc) is 2.84. The van der Waals surface area contributed by atoms with Crippen LogP contribution in [0.25, 0.3) is 6.08 Å². The van der Waals surface area contributed by atoms with Gasteiger partial charge in [-0.3, -0.25) is 9.69 Å². The van der Waals surface area contributed by atoms with Gasteiger partial charge in [-0.05, 0) is 36.8 Å². The Kier molecular flexibility index (Phi) is 4.21. The minimum atomic E-state index is -0.380. The average molecular weight is 326 g/mol. The first-order valence-electron chi connectivity index (χ1n) is 7.23. The third-order valence-electron chi connectivity index (χ3n) is 3.78. The van der Waals surface area contributed by atoms with Gasteiger partial charge in [0.15, 0.2) is 5.11 Å². The zero-order valence-electron chi connectivity index (χ0n) is 12.5. The molecule has 2 aromatic rings. The fraction of sp³-hybridized carbons (Fsp3) is 0.111. The van der Waals surface area contributed by atoms with E-state index < -0.39 is 0 Å². The zero-order valence-corrected chi connectivity index (χ0v) is 13.3. The fourth-order valence-electron chi connectivity index (χ4n) is 2.53. The molecule has 23 heavy (non-hydrogen) atoms. The maximum atomic E-state index is 13.8. The van der Waals surface area contributed by atoms with Crippen LogP contribution in [0.4, 0.5) is 4.39 Å². The molecule has 0 bridgehead atoms. The normalized spacial score (nSPS) is 17.5. The number of halogens is 1. The van der Waals surface area contributed by atoms with Crippen molar-refractivity contribution in [3.63, 3.8) is 0 Å². The van der Waals surface area contributed by atoms with Crippen molar-refractivity contribution in [1.82, 2.24) is 10.2 Å². The van der Waals surface area contributed by atoms with Crippen LogP contribution >= 0.6 is 12.2 Å². The van der Waals surface area contributed by atoms with Crippen LogP contribution in [0.3, 0.4) is 0 Å². The molecule has 0 aromatic heterocycles. The number of nitrogens with zero attached hydrogens (tertiary/aromatic N) is 1. The summed E-state index contributed by atoms with van der Waals surface area (Å²) in [7, 11) is 0. The number of rotatable bonds is 3. The molecule has 0 saturated carbocycles. The van der Waals surface area contributed by atoms with Gasteiger partial charge in [0.1, 0.15) is 11.5 Å². The van der Waals surface area contributed by atoms with Crippen LogP contribution in [0.2, 0.25) is 0 Å². The predicted octanol–water partition coefficient (Wildman–Crippen LogP) is 3.64. The molecule has 0 spiro atoms. The molecule has 1 heterocycles. The lowest BCUT2D eigenvalue weighted by molar-refractivity contribution is -0.123. The highest BCUT2D eigenvalue weighted by molar-refractivity contribution is 7.80. The lowest BCUT2D eigenvalue weighted by Gasteiger charge is -2.23. The number of carbonyl (C=O) groups excluding carboxylic acids is 1. The molecular weight excluding hydrogens is 311 g/mol. The van der Waals surface area contributed by atoms with Gasteiger partial charge in [0.2, 0.25) is 0 Å². The summed E-state index contributed by atoms with van der Waals surface area (Å²) in [6.07, 6.45) is 1.49. The quantitative estimate of drug-likeness (QED) is 0.690. The van der Waals surface area contributed by atoms with Crippen LogP contribution < -0.4 is 5.32 Å². The molecule has 3 rings (SSSR count). The smallest absolute Gasteiger partial charge is 0.277 e. The van der Waals surface area contributed by atoms with E-state index in [2.05, 4.69) is 5.32 Å². The highest BCUT2D eigenvalue weighted by atomic mass is 32.1. The van der Waals surface area contributed by atoms with Crippen molar-refractivity contribution in [3.8, 4) is 0 Å². The number of amides is 1. The molecule has 1 saturated heterocycles. The summed E-state index contributed by atoms with van der Waals surface area (Å²) in [6, 6.07) is 15.7. The van der Waals surface area contributed by atoms with Crippen LogP contribution in [-0.4, -0.2) is 15.9 Å². The van der Waals surface area contributed by atoms with Gasteiger partial charge in [0.25, 0.3) is 5.91 Å². The van der Waals surface area contributed by atoms with Crippen LogP contribution in [0.1, 0.15) is 24.1 Å². The Morgan fingerprint density at radius 1 is 1.13 bits per heavy atom. The minimum absolute atomic E-state index is 0.199. The molecule has 5 heteroatoms. The number of thiocarbonyl (C=S) groups is 1. The third kappa shape index (κ3) is 3.00. The van der Waals surface area contributed by atoms with E-state index in [0.29, 0.717) is 10.7 Å². The first-order valence-corrected chi connectivity index (χ1v) is 7.64. The van der Waals surface area contributed by atoms with E-state index in [1.165, 1.54) is 17.0 Å². The van der Waals surface area contributed by atoms with Gasteiger partial charge in [-0.25, -0.2) is 4.39 Å². The van der Waals surface area contributed by atoms with Crippen molar-refractivity contribution in [2.75, 3.05) is 0 Å². The first-order chi connectivity index (χ1) is 11.1. The Bertz CT molecular complexity index is 789. The van der Waals surface area contributed by atoms with Gasteiger partial charge < -0.3 is 5.32 Å². The van der Waals surface area contributed by atoms with Gasteiger partial charge in [-0.1, -0.05) is 48.5 Å². The summed E-state index contributed by atoms with van der Waals surface area (Å²) < 4.78 is 13.8. The highest BCUT2D eigenvalue weighted by Crippen LogP contribution is 2.26. The standard InChI is InChI=1S/C18H15FN2OS/c1-12(13-7-3-2-4-8-13)21-17(22)16(20-18(21)23)11-14-9-5-6-10-15(14)19/h2-12H,1H3,(H,20,23)/b16-11-. The topological polar surface area (TPSA) is 32.3 Å². The second-order valence-corrected chi connectivity index (χ2v) is 5.66. The van der Waals surface area contributed by atoms with Crippen molar-refractivity contribution in [2.45, 2.75) is 13.0 Å². The molecule has 0 radical (unpaired) electrons. The van der Waals surface area contributed by atoms with Gasteiger partial charge in [-0.2, -0.15) is 0 Å². The monoisotopic (exact) mass is 326 g/mol. The SMILES string of the molecule is CC(c1ccccc1)N1C(=O)/C(=C/c2ccccc2F)NC1=S. The highest BCUT2D eigenvalue weighted by Gasteiger charge is 2.34. The van der Waals surface area contributed by atoms with Crippen molar-refractivity contribution < 1.29 is 9.18 Å². The van der Waals surface area contributed by atoms with E-state index in [0.717, 1.165) is 5.56 Å². The van der Waals surface area contributed by atoms with E-state index in [9.17, 15) is 9.18 Å². The van der Waals surface area contributed by atoms with E-state index >= 15 is 0 Å². The van der Waals surface area contributed by atoms with Crippen molar-refractivity contribution >= 4 is 29.3 Å². The Morgan fingerprint density at radius 2 is 1.78 bits per heavy atom. The molecule has 0 aliphatic carbocycles. The molecule has 2 aromatic carbocycles. The molecule has 1 unspecified atom stereocenters. The lowest BCUT2D eigenvalue weighted by Crippen LogP contribution is -2.33. The maximum absolute atomic E-state index is 13.8. The largest absolute Gasteiger partial charge is 0.328 e. The van der Waals surface area contributed by atoms with Gasteiger partial charge in [0, 0.05) is 5.56 Å². The zero-order chi connectivity index (χ0) is 16.4. The summed E-state index contributed by atoms with van der Waals surface area (Å²) in [5, 5.41) is 3.21. The van der Waals surface area contributed by atoms with Gasteiger partial charge in [0.05, 0.1) is 6.04 Å². The Balaban J connectivity index is 1.90. The molecule has 1 amide bonds. The van der Waals surface area contributed by atoms with Crippen molar-refractivity contribution in [2.24, 2.45) is 0 Å². The maximum Gasteiger partial charge on any atom is 0.277 e. The van der Waals surface area contributed by atoms with E-state index in [1.807, 2.05) is 37.3 Å². The molecule has 1 fully saturated rings. The van der Waals surface area contributed by atoms with Crippen molar-refractivity contribution in [3.05, 3.63) is 77.2 Å². The Labute approximate surface area is 139 Å². The summed E-state index contributed by atoms with van der Waals surface area (Å²) in [5.41, 5.74) is 1.61. The summed E-state index contributed by atoms with van der Waals surface area (Å²) in [5.74, 6) is -0.635.